The average Bonchev–Trinajstić information content (AvgIpc) is 2.91. The number of hydrogen-bond acceptors (Lipinski definition) is 2. The highest BCUT2D eigenvalue weighted by Crippen LogP contribution is 2.57. The maximum atomic E-state index is 6.44. The van der Waals surface area contributed by atoms with E-state index in [0.717, 1.165) is 17.9 Å². The van der Waals surface area contributed by atoms with E-state index >= 15 is 0 Å². The van der Waals surface area contributed by atoms with Crippen LogP contribution in [0, 0.1) is 5.41 Å². The van der Waals surface area contributed by atoms with Gasteiger partial charge in [-0.1, -0.05) is 25.0 Å². The van der Waals surface area contributed by atoms with Gasteiger partial charge in [-0.25, -0.2) is 0 Å². The van der Waals surface area contributed by atoms with Gasteiger partial charge in [-0.2, -0.15) is 0 Å². The topological polar surface area (TPSA) is 18.5 Å². The Morgan fingerprint density at radius 3 is 2.44 bits per heavy atom. The van der Waals surface area contributed by atoms with Crippen LogP contribution in [0.2, 0.25) is 0 Å². The maximum absolute atomic E-state index is 6.44. The van der Waals surface area contributed by atoms with Crippen molar-refractivity contribution in [2.45, 2.75) is 43.6 Å². The van der Waals surface area contributed by atoms with Crippen molar-refractivity contribution in [3.05, 3.63) is 24.3 Å². The fourth-order valence-corrected chi connectivity index (χ4v) is 3.92. The summed E-state index contributed by atoms with van der Waals surface area (Å²) < 4.78 is 11.5. The van der Waals surface area contributed by atoms with Crippen LogP contribution in [0.15, 0.2) is 24.3 Å². The lowest BCUT2D eigenvalue weighted by Gasteiger charge is -2.51. The molecule has 2 aliphatic rings. The fourth-order valence-electron chi connectivity index (χ4n) is 3.40. The van der Waals surface area contributed by atoms with Crippen LogP contribution in [0.5, 0.6) is 11.5 Å². The molecule has 2 fully saturated rings. The lowest BCUT2D eigenvalue weighted by molar-refractivity contribution is -0.0367. The zero-order chi connectivity index (χ0) is 12.6. The van der Waals surface area contributed by atoms with Crippen molar-refractivity contribution in [1.82, 2.24) is 0 Å². The number of para-hydroxylation sites is 2. The van der Waals surface area contributed by atoms with Crippen molar-refractivity contribution in [3.63, 3.8) is 0 Å². The van der Waals surface area contributed by atoms with Crippen molar-refractivity contribution in [2.75, 3.05) is 7.11 Å². The van der Waals surface area contributed by atoms with Crippen molar-refractivity contribution in [3.8, 4) is 11.5 Å². The molecule has 0 aliphatic heterocycles. The van der Waals surface area contributed by atoms with E-state index in [4.69, 9.17) is 21.1 Å². The van der Waals surface area contributed by atoms with E-state index in [0.29, 0.717) is 5.38 Å². The Balaban J connectivity index is 1.77. The summed E-state index contributed by atoms with van der Waals surface area (Å²) in [5, 5.41) is 0.291. The third kappa shape index (κ3) is 1.78. The fraction of sp³-hybridized carbons (Fsp3) is 0.600. The highest BCUT2D eigenvalue weighted by atomic mass is 35.5. The third-order valence-electron chi connectivity index (χ3n) is 4.56. The minimum atomic E-state index is 0.225. The molecule has 0 bridgehead atoms. The second-order valence-electron chi connectivity index (χ2n) is 5.40. The molecule has 0 radical (unpaired) electrons. The molecule has 1 spiro atoms. The van der Waals surface area contributed by atoms with Crippen LogP contribution in [0.3, 0.4) is 0 Å². The number of benzene rings is 1. The summed E-state index contributed by atoms with van der Waals surface area (Å²) in [5.41, 5.74) is 0.225. The number of hydrogen-bond donors (Lipinski definition) is 0. The number of halogens is 1. The summed E-state index contributed by atoms with van der Waals surface area (Å²) in [6.07, 6.45) is 6.21. The first-order chi connectivity index (χ1) is 8.76. The molecule has 0 saturated heterocycles. The second kappa shape index (κ2) is 4.65. The zero-order valence-electron chi connectivity index (χ0n) is 10.7. The average molecular weight is 267 g/mol. The Morgan fingerprint density at radius 1 is 1.17 bits per heavy atom. The van der Waals surface area contributed by atoms with E-state index in [-0.39, 0.29) is 11.5 Å². The molecule has 0 N–H and O–H groups in total. The van der Waals surface area contributed by atoms with Crippen LogP contribution in [-0.2, 0) is 0 Å². The van der Waals surface area contributed by atoms with Gasteiger partial charge in [-0.05, 0) is 25.0 Å². The van der Waals surface area contributed by atoms with E-state index in [2.05, 4.69) is 0 Å². The van der Waals surface area contributed by atoms with Gasteiger partial charge >= 0.3 is 0 Å². The molecule has 3 heteroatoms. The molecular formula is C15H19ClO2. The van der Waals surface area contributed by atoms with E-state index in [1.54, 1.807) is 7.11 Å². The Morgan fingerprint density at radius 2 is 1.83 bits per heavy atom. The van der Waals surface area contributed by atoms with Gasteiger partial charge in [0.1, 0.15) is 6.10 Å². The Hall–Kier alpha value is -0.890. The van der Waals surface area contributed by atoms with E-state index in [9.17, 15) is 0 Å². The van der Waals surface area contributed by atoms with Crippen LogP contribution >= 0.6 is 11.6 Å². The Bertz CT molecular complexity index is 426. The van der Waals surface area contributed by atoms with Gasteiger partial charge in [0, 0.05) is 17.2 Å². The number of ether oxygens (including phenoxy) is 2. The molecule has 1 aromatic rings. The third-order valence-corrected chi connectivity index (χ3v) is 5.17. The van der Waals surface area contributed by atoms with E-state index < -0.39 is 0 Å². The lowest BCUT2D eigenvalue weighted by atomic mass is 9.64. The van der Waals surface area contributed by atoms with Crippen molar-refractivity contribution in [1.29, 1.82) is 0 Å². The van der Waals surface area contributed by atoms with Crippen LogP contribution in [0.1, 0.15) is 32.1 Å². The summed E-state index contributed by atoms with van der Waals surface area (Å²) in [5.74, 6) is 1.66. The van der Waals surface area contributed by atoms with Gasteiger partial charge in [0.2, 0.25) is 0 Å². The zero-order valence-corrected chi connectivity index (χ0v) is 11.5. The van der Waals surface area contributed by atoms with E-state index in [1.165, 1.54) is 25.7 Å². The molecule has 2 nitrogen and oxygen atoms in total. The van der Waals surface area contributed by atoms with Crippen molar-refractivity contribution in [2.24, 2.45) is 5.41 Å². The second-order valence-corrected chi connectivity index (χ2v) is 5.93. The summed E-state index contributed by atoms with van der Waals surface area (Å²) in [6, 6.07) is 7.86. The minimum absolute atomic E-state index is 0.225. The normalized spacial score (nSPS) is 29.0. The first-order valence-corrected chi connectivity index (χ1v) is 7.14. The lowest BCUT2D eigenvalue weighted by Crippen LogP contribution is -2.55. The molecule has 1 aromatic carbocycles. The van der Waals surface area contributed by atoms with Gasteiger partial charge in [0.05, 0.1) is 7.11 Å². The molecule has 0 aromatic heterocycles. The van der Waals surface area contributed by atoms with Gasteiger partial charge in [-0.15, -0.1) is 11.6 Å². The standard InChI is InChI=1S/C15H19ClO2/c1-17-11-6-2-3-7-12(11)18-14-10-13(16)15(14)8-4-5-9-15/h2-3,6-7,13-14H,4-5,8-10H2,1H3. The predicted octanol–water partition coefficient (Wildman–Crippen LogP) is 4.01. The summed E-state index contributed by atoms with van der Waals surface area (Å²) in [7, 11) is 1.68. The summed E-state index contributed by atoms with van der Waals surface area (Å²) in [6.45, 7) is 0. The smallest absolute Gasteiger partial charge is 0.161 e. The minimum Gasteiger partial charge on any atom is -0.493 e. The molecule has 98 valence electrons. The molecule has 3 rings (SSSR count). The highest BCUT2D eigenvalue weighted by molar-refractivity contribution is 6.21. The van der Waals surface area contributed by atoms with Crippen LogP contribution < -0.4 is 9.47 Å². The first kappa shape index (κ1) is 12.2. The summed E-state index contributed by atoms with van der Waals surface area (Å²) in [4.78, 5) is 0. The van der Waals surface area contributed by atoms with Crippen molar-refractivity contribution < 1.29 is 9.47 Å². The monoisotopic (exact) mass is 266 g/mol. The maximum Gasteiger partial charge on any atom is 0.161 e. The Labute approximate surface area is 113 Å². The predicted molar refractivity (Wildman–Crippen MR) is 72.6 cm³/mol. The van der Waals surface area contributed by atoms with Gasteiger partial charge in [0.15, 0.2) is 11.5 Å². The van der Waals surface area contributed by atoms with E-state index in [1.807, 2.05) is 24.3 Å². The molecule has 0 amide bonds. The quantitative estimate of drug-likeness (QED) is 0.770. The number of alkyl halides is 1. The molecule has 18 heavy (non-hydrogen) atoms. The van der Waals surface area contributed by atoms with Crippen LogP contribution in [0.4, 0.5) is 0 Å². The van der Waals surface area contributed by atoms with Gasteiger partial charge < -0.3 is 9.47 Å². The largest absolute Gasteiger partial charge is 0.493 e. The van der Waals surface area contributed by atoms with Gasteiger partial charge in [0.25, 0.3) is 0 Å². The Kier molecular flexibility index (Phi) is 3.14. The first-order valence-electron chi connectivity index (χ1n) is 6.70. The molecule has 2 saturated carbocycles. The van der Waals surface area contributed by atoms with Crippen LogP contribution in [0.25, 0.3) is 0 Å². The number of methoxy groups -OCH3 is 1. The highest BCUT2D eigenvalue weighted by Gasteiger charge is 2.57. The van der Waals surface area contributed by atoms with Crippen molar-refractivity contribution >= 4 is 11.6 Å². The summed E-state index contributed by atoms with van der Waals surface area (Å²) >= 11 is 6.44. The SMILES string of the molecule is COc1ccccc1OC1CC(Cl)C12CCCC2. The van der Waals surface area contributed by atoms with Crippen LogP contribution in [-0.4, -0.2) is 18.6 Å². The number of rotatable bonds is 3. The molecular weight excluding hydrogens is 248 g/mol. The molecule has 2 aliphatic carbocycles. The van der Waals surface area contributed by atoms with Gasteiger partial charge in [-0.3, -0.25) is 0 Å². The molecule has 2 atom stereocenters. The molecule has 2 unspecified atom stereocenters. The molecule has 0 heterocycles.